The van der Waals surface area contributed by atoms with E-state index in [1.807, 2.05) is 0 Å². The standard InChI is InChI=1S/C30H42F3N3O6Si2/c1-30(2,3)44(7,8)42-23-15-40-26-22(14-39-27(23)26)41-29-34-21-13-20(33)25(24-18(31)11-17(37)12-19(24)32)35-28(21)36(29)16-38-9-10-43(4,5)6/h11-13,22-23,26-27,37H,9-10,14-16H2,1-8H3/t22-,23-,26-,27-/m1/s1. The number of fused-ring (bicyclic) bond motifs is 2. The van der Waals surface area contributed by atoms with Gasteiger partial charge in [-0.1, -0.05) is 40.4 Å². The SMILES string of the molecule is CC(C)(C)[Si](C)(C)O[C@@H]1CO[C@H]2[C@@H]1OC[C@H]2Oc1nc2cc(F)c(-c3c(F)cc(O)cc3F)nc2n1COCC[Si](C)(C)C. The molecule has 2 aliphatic rings. The largest absolute Gasteiger partial charge is 0.508 e. The third-order valence-electron chi connectivity index (χ3n) is 8.59. The minimum Gasteiger partial charge on any atom is -0.508 e. The van der Waals surface area contributed by atoms with E-state index in [0.717, 1.165) is 12.1 Å². The fourth-order valence-electron chi connectivity index (χ4n) is 5.03. The Balaban J connectivity index is 1.45. The summed E-state index contributed by atoms with van der Waals surface area (Å²) in [5.74, 6) is -3.90. The molecule has 0 spiro atoms. The Hall–Kier alpha value is -2.50. The molecule has 0 radical (unpaired) electrons. The van der Waals surface area contributed by atoms with Crippen molar-refractivity contribution < 1.29 is 41.7 Å². The van der Waals surface area contributed by atoms with Gasteiger partial charge in [-0.3, -0.25) is 4.57 Å². The maximum atomic E-state index is 15.3. The van der Waals surface area contributed by atoms with Gasteiger partial charge in [-0.2, -0.15) is 4.98 Å². The average molecular weight is 654 g/mol. The molecular formula is C30H42F3N3O6Si2. The molecule has 1 aromatic carbocycles. The topological polar surface area (TPSA) is 97.1 Å². The first-order valence-corrected chi connectivity index (χ1v) is 21.5. The maximum Gasteiger partial charge on any atom is 0.301 e. The number of nitrogens with zero attached hydrogens (tertiary/aromatic N) is 3. The highest BCUT2D eigenvalue weighted by Gasteiger charge is 2.52. The normalized spacial score (nSPS) is 22.6. The van der Waals surface area contributed by atoms with Gasteiger partial charge in [0.15, 0.2) is 25.9 Å². The molecule has 44 heavy (non-hydrogen) atoms. The van der Waals surface area contributed by atoms with E-state index in [9.17, 15) is 13.9 Å². The Bertz CT molecular complexity index is 1500. The molecule has 4 heterocycles. The van der Waals surface area contributed by atoms with Crippen LogP contribution in [0.4, 0.5) is 13.2 Å². The molecule has 0 unspecified atom stereocenters. The summed E-state index contributed by atoms with van der Waals surface area (Å²) in [5.41, 5.74) is -1.01. The lowest BCUT2D eigenvalue weighted by Crippen LogP contribution is -2.47. The van der Waals surface area contributed by atoms with Gasteiger partial charge in [0.2, 0.25) is 0 Å². The second kappa shape index (κ2) is 12.0. The van der Waals surface area contributed by atoms with Crippen molar-refractivity contribution in [2.75, 3.05) is 19.8 Å². The molecule has 2 saturated heterocycles. The van der Waals surface area contributed by atoms with E-state index >= 15 is 4.39 Å². The zero-order valence-electron chi connectivity index (χ0n) is 26.5. The van der Waals surface area contributed by atoms with Crippen LogP contribution in [0.2, 0.25) is 43.8 Å². The Morgan fingerprint density at radius 3 is 2.16 bits per heavy atom. The summed E-state index contributed by atoms with van der Waals surface area (Å²) in [6.07, 6.45) is -1.50. The third-order valence-corrected chi connectivity index (χ3v) is 14.8. The van der Waals surface area contributed by atoms with Gasteiger partial charge >= 0.3 is 6.01 Å². The Morgan fingerprint density at radius 2 is 1.55 bits per heavy atom. The van der Waals surface area contributed by atoms with E-state index in [4.69, 9.17) is 23.4 Å². The van der Waals surface area contributed by atoms with Gasteiger partial charge in [-0.25, -0.2) is 18.2 Å². The van der Waals surface area contributed by atoms with Crippen LogP contribution in [0.1, 0.15) is 20.8 Å². The third kappa shape index (κ3) is 6.70. The van der Waals surface area contributed by atoms with Crippen LogP contribution in [0.15, 0.2) is 18.2 Å². The number of phenolic OH excluding ortho intramolecular Hbond substituents is 1. The van der Waals surface area contributed by atoms with Crippen LogP contribution in [0.5, 0.6) is 11.8 Å². The molecule has 2 fully saturated rings. The molecule has 5 rings (SSSR count). The summed E-state index contributed by atoms with van der Waals surface area (Å²) < 4.78 is 77.4. The van der Waals surface area contributed by atoms with Crippen LogP contribution in [0.3, 0.4) is 0 Å². The summed E-state index contributed by atoms with van der Waals surface area (Å²) >= 11 is 0. The van der Waals surface area contributed by atoms with E-state index in [-0.39, 0.29) is 47.8 Å². The number of phenols is 1. The second-order valence-corrected chi connectivity index (χ2v) is 24.7. The summed E-state index contributed by atoms with van der Waals surface area (Å²) in [5, 5.41) is 9.60. The predicted molar refractivity (Wildman–Crippen MR) is 165 cm³/mol. The molecule has 2 aromatic heterocycles. The summed E-state index contributed by atoms with van der Waals surface area (Å²) in [6, 6.07) is 3.45. The Labute approximate surface area is 257 Å². The minimum atomic E-state index is -2.08. The van der Waals surface area contributed by atoms with Gasteiger partial charge < -0.3 is 28.5 Å². The number of ether oxygens (including phenoxy) is 4. The van der Waals surface area contributed by atoms with E-state index in [0.29, 0.717) is 25.3 Å². The predicted octanol–water partition coefficient (Wildman–Crippen LogP) is 6.47. The molecule has 0 amide bonds. The summed E-state index contributed by atoms with van der Waals surface area (Å²) in [4.78, 5) is 8.78. The summed E-state index contributed by atoms with van der Waals surface area (Å²) in [7, 11) is -3.48. The van der Waals surface area contributed by atoms with Crippen LogP contribution < -0.4 is 4.74 Å². The van der Waals surface area contributed by atoms with Crippen molar-refractivity contribution in [3.8, 4) is 23.0 Å². The number of hydrogen-bond acceptors (Lipinski definition) is 8. The molecular weight excluding hydrogens is 612 g/mol. The van der Waals surface area contributed by atoms with Crippen LogP contribution in [-0.4, -0.2) is 80.3 Å². The fraction of sp³-hybridized carbons (Fsp3) is 0.600. The molecule has 0 saturated carbocycles. The first-order valence-electron chi connectivity index (χ1n) is 14.9. The van der Waals surface area contributed by atoms with Crippen LogP contribution in [-0.2, 0) is 25.4 Å². The van der Waals surface area contributed by atoms with Crippen molar-refractivity contribution in [2.24, 2.45) is 0 Å². The number of aromatic hydroxyl groups is 1. The van der Waals surface area contributed by atoms with Crippen molar-refractivity contribution in [1.29, 1.82) is 0 Å². The maximum absolute atomic E-state index is 15.3. The van der Waals surface area contributed by atoms with Gasteiger partial charge in [0.1, 0.15) is 47.5 Å². The molecule has 9 nitrogen and oxygen atoms in total. The molecule has 242 valence electrons. The second-order valence-electron chi connectivity index (χ2n) is 14.3. The molecule has 4 atom stereocenters. The van der Waals surface area contributed by atoms with Gasteiger partial charge in [-0.05, 0) is 24.2 Å². The van der Waals surface area contributed by atoms with Gasteiger partial charge in [0.25, 0.3) is 0 Å². The van der Waals surface area contributed by atoms with E-state index in [1.165, 1.54) is 4.57 Å². The first kappa shape index (κ1) is 32.9. The quantitative estimate of drug-likeness (QED) is 0.197. The van der Waals surface area contributed by atoms with Gasteiger partial charge in [0, 0.05) is 32.9 Å². The number of rotatable bonds is 10. The highest BCUT2D eigenvalue weighted by atomic mass is 28.4. The number of halogens is 3. The molecule has 2 aliphatic heterocycles. The van der Waals surface area contributed by atoms with Crippen molar-refractivity contribution >= 4 is 27.6 Å². The van der Waals surface area contributed by atoms with Crippen molar-refractivity contribution in [1.82, 2.24) is 14.5 Å². The van der Waals surface area contributed by atoms with Crippen molar-refractivity contribution in [3.05, 3.63) is 35.7 Å². The van der Waals surface area contributed by atoms with Crippen LogP contribution in [0, 0.1) is 17.5 Å². The fourth-order valence-corrected chi connectivity index (χ4v) is 7.10. The monoisotopic (exact) mass is 653 g/mol. The van der Waals surface area contributed by atoms with Crippen molar-refractivity contribution in [2.45, 2.75) is 95.7 Å². The molecule has 1 N–H and O–H groups in total. The minimum absolute atomic E-state index is 0.0209. The van der Waals surface area contributed by atoms with E-state index < -0.39 is 63.1 Å². The number of benzene rings is 1. The Morgan fingerprint density at radius 1 is 0.932 bits per heavy atom. The highest BCUT2D eigenvalue weighted by Crippen LogP contribution is 2.41. The smallest absolute Gasteiger partial charge is 0.301 e. The molecule has 0 aliphatic carbocycles. The van der Waals surface area contributed by atoms with Gasteiger partial charge in [-0.15, -0.1) is 0 Å². The van der Waals surface area contributed by atoms with E-state index in [2.05, 4.69) is 63.5 Å². The average Bonchev–Trinajstić information content (AvgIpc) is 3.55. The van der Waals surface area contributed by atoms with Gasteiger partial charge in [0.05, 0.1) is 24.9 Å². The van der Waals surface area contributed by atoms with E-state index in [1.54, 1.807) is 0 Å². The van der Waals surface area contributed by atoms with Crippen LogP contribution >= 0.6 is 0 Å². The van der Waals surface area contributed by atoms with Crippen molar-refractivity contribution in [3.63, 3.8) is 0 Å². The number of imidazole rings is 1. The summed E-state index contributed by atoms with van der Waals surface area (Å²) in [6.45, 7) is 18.6. The van der Waals surface area contributed by atoms with Crippen LogP contribution in [0.25, 0.3) is 22.4 Å². The zero-order chi connectivity index (χ0) is 32.2. The molecule has 0 bridgehead atoms. The number of hydrogen-bond donors (Lipinski definition) is 1. The molecule has 3 aromatic rings. The molecule has 14 heteroatoms. The number of pyridine rings is 1. The Kier molecular flexibility index (Phi) is 8.99. The lowest BCUT2D eigenvalue weighted by molar-refractivity contribution is 0.00687. The lowest BCUT2D eigenvalue weighted by atomic mass is 10.1. The highest BCUT2D eigenvalue weighted by molar-refractivity contribution is 6.76. The lowest BCUT2D eigenvalue weighted by Gasteiger charge is -2.39. The first-order chi connectivity index (χ1) is 20.4. The zero-order valence-corrected chi connectivity index (χ0v) is 28.5. The number of aromatic nitrogens is 3.